The number of piperidine rings is 1. The number of hydrogen-bond acceptors (Lipinski definition) is 2. The molecule has 1 aliphatic rings. The molecule has 2 rings (SSSR count). The highest BCUT2D eigenvalue weighted by Crippen LogP contribution is 2.29. The van der Waals surface area contributed by atoms with Crippen molar-refractivity contribution >= 4 is 34.8 Å². The molecule has 0 aromatic heterocycles. The van der Waals surface area contributed by atoms with Crippen molar-refractivity contribution in [1.82, 2.24) is 5.32 Å². The minimum atomic E-state index is -0.149. The van der Waals surface area contributed by atoms with Crippen LogP contribution in [0.4, 0.5) is 5.69 Å². The van der Waals surface area contributed by atoms with E-state index in [1.54, 1.807) is 18.2 Å². The van der Waals surface area contributed by atoms with Crippen molar-refractivity contribution in [2.75, 3.05) is 11.9 Å². The molecule has 1 fully saturated rings. The Morgan fingerprint density at radius 2 is 2.22 bits per heavy atom. The van der Waals surface area contributed by atoms with Gasteiger partial charge in [-0.25, -0.2) is 0 Å². The van der Waals surface area contributed by atoms with Gasteiger partial charge in [0.05, 0.1) is 21.8 Å². The van der Waals surface area contributed by atoms with Gasteiger partial charge in [-0.3, -0.25) is 4.79 Å². The summed E-state index contributed by atoms with van der Waals surface area (Å²) in [6, 6.07) is 5.06. The molecule has 1 aromatic carbocycles. The van der Waals surface area contributed by atoms with Crippen molar-refractivity contribution in [2.45, 2.75) is 25.8 Å². The molecular weight excluding hydrogens is 271 g/mol. The first kappa shape index (κ1) is 13.7. The summed E-state index contributed by atoms with van der Waals surface area (Å²) in [6.45, 7) is 3.04. The lowest BCUT2D eigenvalue weighted by molar-refractivity contribution is -0.119. The second-order valence-electron chi connectivity index (χ2n) is 4.73. The van der Waals surface area contributed by atoms with E-state index in [0.717, 1.165) is 19.4 Å². The van der Waals surface area contributed by atoms with Crippen molar-refractivity contribution in [2.24, 2.45) is 5.92 Å². The molecule has 0 saturated carbocycles. The zero-order chi connectivity index (χ0) is 13.1. The lowest BCUT2D eigenvalue weighted by Gasteiger charge is -2.27. The molecule has 2 unspecified atom stereocenters. The van der Waals surface area contributed by atoms with Gasteiger partial charge < -0.3 is 10.6 Å². The largest absolute Gasteiger partial charge is 0.323 e. The van der Waals surface area contributed by atoms with E-state index in [1.807, 2.05) is 0 Å². The van der Waals surface area contributed by atoms with Crippen LogP contribution < -0.4 is 10.6 Å². The molecule has 2 N–H and O–H groups in total. The maximum absolute atomic E-state index is 12.1. The highest BCUT2D eigenvalue weighted by molar-refractivity contribution is 6.44. The number of anilines is 1. The minimum Gasteiger partial charge on any atom is -0.323 e. The number of rotatable bonds is 2. The van der Waals surface area contributed by atoms with Gasteiger partial charge in [-0.15, -0.1) is 0 Å². The summed E-state index contributed by atoms with van der Waals surface area (Å²) in [5.41, 5.74) is 0.564. The van der Waals surface area contributed by atoms with Crippen LogP contribution in [0.1, 0.15) is 19.8 Å². The topological polar surface area (TPSA) is 41.1 Å². The molecule has 3 nitrogen and oxygen atoms in total. The monoisotopic (exact) mass is 286 g/mol. The van der Waals surface area contributed by atoms with Gasteiger partial charge in [0.15, 0.2) is 0 Å². The van der Waals surface area contributed by atoms with Gasteiger partial charge in [-0.2, -0.15) is 0 Å². The summed E-state index contributed by atoms with van der Waals surface area (Å²) < 4.78 is 0. The molecule has 1 aromatic rings. The van der Waals surface area contributed by atoms with E-state index in [1.165, 1.54) is 0 Å². The molecule has 1 saturated heterocycles. The molecule has 0 radical (unpaired) electrons. The fraction of sp³-hybridized carbons (Fsp3) is 0.462. The summed E-state index contributed by atoms with van der Waals surface area (Å²) in [4.78, 5) is 12.1. The zero-order valence-electron chi connectivity index (χ0n) is 10.2. The first-order valence-electron chi connectivity index (χ1n) is 6.06. The van der Waals surface area contributed by atoms with Crippen LogP contribution in [-0.2, 0) is 4.79 Å². The first-order chi connectivity index (χ1) is 8.58. The molecule has 0 bridgehead atoms. The Morgan fingerprint density at radius 3 is 2.94 bits per heavy atom. The van der Waals surface area contributed by atoms with Crippen LogP contribution in [0.2, 0.25) is 10.0 Å². The lowest BCUT2D eigenvalue weighted by Crippen LogP contribution is -2.45. The fourth-order valence-corrected chi connectivity index (χ4v) is 2.48. The van der Waals surface area contributed by atoms with Crippen molar-refractivity contribution in [1.29, 1.82) is 0 Å². The van der Waals surface area contributed by atoms with Crippen LogP contribution in [0.15, 0.2) is 18.2 Å². The maximum Gasteiger partial charge on any atom is 0.241 e. The number of halogens is 2. The Hall–Kier alpha value is -0.770. The highest BCUT2D eigenvalue weighted by Gasteiger charge is 2.24. The molecule has 0 spiro atoms. The van der Waals surface area contributed by atoms with Gasteiger partial charge in [-0.1, -0.05) is 36.2 Å². The van der Waals surface area contributed by atoms with Crippen molar-refractivity contribution in [3.8, 4) is 0 Å². The van der Waals surface area contributed by atoms with Crippen LogP contribution in [0.25, 0.3) is 0 Å². The van der Waals surface area contributed by atoms with Crippen LogP contribution >= 0.6 is 23.2 Å². The van der Waals surface area contributed by atoms with E-state index in [2.05, 4.69) is 17.6 Å². The van der Waals surface area contributed by atoms with Crippen LogP contribution in [0, 0.1) is 5.92 Å². The van der Waals surface area contributed by atoms with Crippen molar-refractivity contribution in [3.05, 3.63) is 28.2 Å². The Labute approximate surface area is 117 Å². The van der Waals surface area contributed by atoms with E-state index >= 15 is 0 Å². The molecule has 0 aliphatic carbocycles. The van der Waals surface area contributed by atoms with Gasteiger partial charge >= 0.3 is 0 Å². The summed E-state index contributed by atoms with van der Waals surface area (Å²) in [5.74, 6) is 0.516. The number of carbonyl (C=O) groups excluding carboxylic acids is 1. The van der Waals surface area contributed by atoms with E-state index in [4.69, 9.17) is 23.2 Å². The van der Waals surface area contributed by atoms with E-state index in [9.17, 15) is 4.79 Å². The summed E-state index contributed by atoms with van der Waals surface area (Å²) >= 11 is 11.9. The molecule has 5 heteroatoms. The van der Waals surface area contributed by atoms with E-state index in [-0.39, 0.29) is 11.9 Å². The molecule has 1 aliphatic heterocycles. The predicted molar refractivity (Wildman–Crippen MR) is 75.3 cm³/mol. The molecule has 1 amide bonds. The molecule has 2 atom stereocenters. The summed E-state index contributed by atoms with van der Waals surface area (Å²) in [6.07, 6.45) is 1.96. The van der Waals surface area contributed by atoms with Gasteiger partial charge in [0.1, 0.15) is 0 Å². The maximum atomic E-state index is 12.1. The number of hydrogen-bond donors (Lipinski definition) is 2. The van der Waals surface area contributed by atoms with E-state index < -0.39 is 0 Å². The number of benzene rings is 1. The van der Waals surface area contributed by atoms with Crippen LogP contribution in [0.3, 0.4) is 0 Å². The number of amides is 1. The summed E-state index contributed by atoms with van der Waals surface area (Å²) in [7, 11) is 0. The number of carbonyl (C=O) groups is 1. The normalized spacial score (nSPS) is 23.7. The lowest BCUT2D eigenvalue weighted by atomic mass is 9.94. The molecule has 18 heavy (non-hydrogen) atoms. The minimum absolute atomic E-state index is 0.0503. The van der Waals surface area contributed by atoms with Gasteiger partial charge in [-0.05, 0) is 37.4 Å². The van der Waals surface area contributed by atoms with Crippen molar-refractivity contribution in [3.63, 3.8) is 0 Å². The average molecular weight is 287 g/mol. The Bertz CT molecular complexity index is 451. The van der Waals surface area contributed by atoms with Crippen LogP contribution in [0.5, 0.6) is 0 Å². The third-order valence-corrected chi connectivity index (χ3v) is 4.01. The SMILES string of the molecule is CC1CCNC(C(=O)Nc2cccc(Cl)c2Cl)C1. The second-order valence-corrected chi connectivity index (χ2v) is 5.51. The third-order valence-electron chi connectivity index (χ3n) is 3.19. The summed E-state index contributed by atoms with van der Waals surface area (Å²) in [5, 5.41) is 6.87. The molecular formula is C13H16Cl2N2O. The predicted octanol–water partition coefficient (Wildman–Crippen LogP) is 3.32. The van der Waals surface area contributed by atoms with Crippen LogP contribution in [-0.4, -0.2) is 18.5 Å². The quantitative estimate of drug-likeness (QED) is 0.876. The third kappa shape index (κ3) is 3.16. The van der Waals surface area contributed by atoms with Gasteiger partial charge in [0.2, 0.25) is 5.91 Å². The molecule has 1 heterocycles. The van der Waals surface area contributed by atoms with Gasteiger partial charge in [0.25, 0.3) is 0 Å². The average Bonchev–Trinajstić information content (AvgIpc) is 2.35. The number of nitrogens with one attached hydrogen (secondary N) is 2. The van der Waals surface area contributed by atoms with Gasteiger partial charge in [0, 0.05) is 0 Å². The fourth-order valence-electron chi connectivity index (χ4n) is 2.13. The van der Waals surface area contributed by atoms with Crippen molar-refractivity contribution < 1.29 is 4.79 Å². The highest BCUT2D eigenvalue weighted by atomic mass is 35.5. The Kier molecular flexibility index (Phi) is 4.49. The Balaban J connectivity index is 2.04. The second kappa shape index (κ2) is 5.91. The Morgan fingerprint density at radius 1 is 1.44 bits per heavy atom. The van der Waals surface area contributed by atoms with E-state index in [0.29, 0.717) is 21.7 Å². The zero-order valence-corrected chi connectivity index (χ0v) is 11.7. The first-order valence-corrected chi connectivity index (χ1v) is 6.82. The molecule has 98 valence electrons. The standard InChI is InChI=1S/C13H16Cl2N2O/c1-8-5-6-16-11(7-8)13(18)17-10-4-2-3-9(14)12(10)15/h2-4,8,11,16H,5-7H2,1H3,(H,17,18). The smallest absolute Gasteiger partial charge is 0.241 e.